The highest BCUT2D eigenvalue weighted by atomic mass is 16.5. The summed E-state index contributed by atoms with van der Waals surface area (Å²) in [5.74, 6) is 0.720. The van der Waals surface area contributed by atoms with Crippen molar-refractivity contribution < 1.29 is 9.53 Å². The first kappa shape index (κ1) is 19.8. The van der Waals surface area contributed by atoms with Crippen molar-refractivity contribution in [2.24, 2.45) is 5.92 Å². The molecule has 0 spiro atoms. The topological polar surface area (TPSA) is 45.7 Å². The lowest BCUT2D eigenvalue weighted by molar-refractivity contribution is -0.140. The van der Waals surface area contributed by atoms with Gasteiger partial charge in [0.25, 0.3) is 0 Å². The normalized spacial score (nSPS) is 23.8. The molecule has 3 fully saturated rings. The Balaban J connectivity index is 1.15. The van der Waals surface area contributed by atoms with E-state index < -0.39 is 0 Å². The Labute approximate surface area is 169 Å². The fourth-order valence-electron chi connectivity index (χ4n) is 5.05. The van der Waals surface area contributed by atoms with Gasteiger partial charge >= 0.3 is 0 Å². The van der Waals surface area contributed by atoms with Crippen LogP contribution in [0.1, 0.15) is 63.4 Å². The van der Waals surface area contributed by atoms with E-state index in [1.165, 1.54) is 24.8 Å². The van der Waals surface area contributed by atoms with Crippen molar-refractivity contribution in [1.82, 2.24) is 14.8 Å². The molecule has 0 unspecified atom stereocenters. The first-order valence-corrected chi connectivity index (χ1v) is 11.3. The Kier molecular flexibility index (Phi) is 6.97. The molecule has 3 aliphatic rings. The molecule has 5 nitrogen and oxygen atoms in total. The maximum atomic E-state index is 12.7. The first-order valence-electron chi connectivity index (χ1n) is 11.3. The van der Waals surface area contributed by atoms with Gasteiger partial charge in [-0.25, -0.2) is 0 Å². The van der Waals surface area contributed by atoms with Crippen LogP contribution >= 0.6 is 0 Å². The van der Waals surface area contributed by atoms with Gasteiger partial charge in [-0.3, -0.25) is 14.7 Å². The minimum atomic E-state index is 0.301. The average molecular weight is 386 g/mol. The van der Waals surface area contributed by atoms with Crippen molar-refractivity contribution in [3.63, 3.8) is 0 Å². The van der Waals surface area contributed by atoms with Gasteiger partial charge in [-0.1, -0.05) is 25.3 Å². The molecule has 3 heterocycles. The number of piperidine rings is 2. The molecule has 2 aliphatic heterocycles. The third kappa shape index (κ3) is 5.32. The number of likely N-dealkylation sites (tertiary alicyclic amines) is 2. The Morgan fingerprint density at radius 2 is 1.64 bits per heavy atom. The number of pyridine rings is 1. The van der Waals surface area contributed by atoms with Crippen LogP contribution in [-0.4, -0.2) is 59.1 Å². The Hall–Kier alpha value is -1.46. The van der Waals surface area contributed by atoms with E-state index in [1.807, 2.05) is 18.5 Å². The number of carbonyl (C=O) groups is 1. The van der Waals surface area contributed by atoms with E-state index in [0.29, 0.717) is 24.0 Å². The predicted molar refractivity (Wildman–Crippen MR) is 110 cm³/mol. The number of amides is 1. The van der Waals surface area contributed by atoms with Crippen LogP contribution in [0, 0.1) is 5.92 Å². The predicted octanol–water partition coefficient (Wildman–Crippen LogP) is 3.63. The minimum Gasteiger partial charge on any atom is -0.375 e. The lowest BCUT2D eigenvalue weighted by Crippen LogP contribution is -2.45. The molecule has 0 atom stereocenters. The second-order valence-corrected chi connectivity index (χ2v) is 8.83. The molecule has 2 saturated heterocycles. The Bertz CT molecular complexity index is 602. The van der Waals surface area contributed by atoms with Crippen LogP contribution in [0.5, 0.6) is 0 Å². The molecule has 0 bridgehead atoms. The van der Waals surface area contributed by atoms with Crippen LogP contribution in [0.4, 0.5) is 0 Å². The maximum Gasteiger partial charge on any atom is 0.225 e. The standard InChI is InChI=1S/C23H35N3O2/c27-23(20-6-2-1-3-7-20)26-15-10-22(11-16-26)28-21-8-13-25(14-9-21)18-19-5-4-12-24-17-19/h4-5,12,17,20-22H,1-3,6-11,13-16,18H2. The van der Waals surface area contributed by atoms with Gasteiger partial charge in [-0.2, -0.15) is 0 Å². The summed E-state index contributed by atoms with van der Waals surface area (Å²) in [5, 5.41) is 0. The lowest BCUT2D eigenvalue weighted by atomic mass is 9.88. The van der Waals surface area contributed by atoms with Crippen LogP contribution in [-0.2, 0) is 16.1 Å². The highest BCUT2D eigenvalue weighted by Crippen LogP contribution is 2.28. The third-order valence-electron chi connectivity index (χ3n) is 6.76. The van der Waals surface area contributed by atoms with Crippen LogP contribution < -0.4 is 0 Å². The largest absolute Gasteiger partial charge is 0.375 e. The zero-order valence-corrected chi connectivity index (χ0v) is 17.1. The zero-order valence-electron chi connectivity index (χ0n) is 17.1. The van der Waals surface area contributed by atoms with Gasteiger partial charge in [0.2, 0.25) is 5.91 Å². The number of nitrogens with zero attached hydrogens (tertiary/aromatic N) is 3. The van der Waals surface area contributed by atoms with Gasteiger partial charge in [0, 0.05) is 51.0 Å². The van der Waals surface area contributed by atoms with Crippen molar-refractivity contribution in [2.45, 2.75) is 76.5 Å². The summed E-state index contributed by atoms with van der Waals surface area (Å²) < 4.78 is 6.43. The summed E-state index contributed by atoms with van der Waals surface area (Å²) >= 11 is 0. The smallest absolute Gasteiger partial charge is 0.225 e. The van der Waals surface area contributed by atoms with E-state index in [1.54, 1.807) is 0 Å². The molecule has 154 valence electrons. The van der Waals surface area contributed by atoms with Crippen LogP contribution in [0.25, 0.3) is 0 Å². The molecule has 28 heavy (non-hydrogen) atoms. The fraction of sp³-hybridized carbons (Fsp3) is 0.739. The van der Waals surface area contributed by atoms with E-state index in [4.69, 9.17) is 4.74 Å². The summed E-state index contributed by atoms with van der Waals surface area (Å²) in [6.07, 6.45) is 14.7. The third-order valence-corrected chi connectivity index (χ3v) is 6.76. The molecule has 1 aromatic rings. The molecule has 1 saturated carbocycles. The van der Waals surface area contributed by atoms with E-state index in [2.05, 4.69) is 20.9 Å². The minimum absolute atomic E-state index is 0.301. The molecule has 1 amide bonds. The highest BCUT2D eigenvalue weighted by molar-refractivity contribution is 5.79. The van der Waals surface area contributed by atoms with E-state index in [9.17, 15) is 4.79 Å². The van der Waals surface area contributed by atoms with E-state index in [-0.39, 0.29) is 0 Å². The summed E-state index contributed by atoms with van der Waals surface area (Å²) in [6.45, 7) is 4.96. The van der Waals surface area contributed by atoms with Crippen molar-refractivity contribution in [1.29, 1.82) is 0 Å². The molecule has 5 heteroatoms. The number of ether oxygens (including phenoxy) is 1. The van der Waals surface area contributed by atoms with Crippen molar-refractivity contribution in [3.8, 4) is 0 Å². The van der Waals surface area contributed by atoms with Crippen molar-refractivity contribution in [2.75, 3.05) is 26.2 Å². The summed E-state index contributed by atoms with van der Waals surface area (Å²) in [5.41, 5.74) is 1.29. The van der Waals surface area contributed by atoms with Crippen LogP contribution in [0.3, 0.4) is 0 Å². The molecule has 0 radical (unpaired) electrons. The van der Waals surface area contributed by atoms with Crippen molar-refractivity contribution in [3.05, 3.63) is 30.1 Å². The average Bonchev–Trinajstić information content (AvgIpc) is 2.76. The summed E-state index contributed by atoms with van der Waals surface area (Å²) in [4.78, 5) is 21.5. The molecule has 0 aromatic carbocycles. The monoisotopic (exact) mass is 385 g/mol. The van der Waals surface area contributed by atoms with Gasteiger partial charge in [0.15, 0.2) is 0 Å². The zero-order chi connectivity index (χ0) is 19.2. The van der Waals surface area contributed by atoms with Crippen molar-refractivity contribution >= 4 is 5.91 Å². The van der Waals surface area contributed by atoms with Gasteiger partial charge in [0.05, 0.1) is 12.2 Å². The summed E-state index contributed by atoms with van der Waals surface area (Å²) in [6, 6.07) is 4.16. The summed E-state index contributed by atoms with van der Waals surface area (Å²) in [7, 11) is 0. The molecule has 1 aromatic heterocycles. The Morgan fingerprint density at radius 1 is 0.964 bits per heavy atom. The molecule has 1 aliphatic carbocycles. The van der Waals surface area contributed by atoms with E-state index >= 15 is 0 Å². The SMILES string of the molecule is O=C(C1CCCCC1)N1CCC(OC2CCN(Cc3cccnc3)CC2)CC1. The van der Waals surface area contributed by atoms with Gasteiger partial charge < -0.3 is 9.64 Å². The molecular weight excluding hydrogens is 350 g/mol. The number of carbonyl (C=O) groups excluding carboxylic acids is 1. The van der Waals surface area contributed by atoms with Crippen LogP contribution in [0.2, 0.25) is 0 Å². The second kappa shape index (κ2) is 9.84. The fourth-order valence-corrected chi connectivity index (χ4v) is 5.05. The van der Waals surface area contributed by atoms with Gasteiger partial charge in [-0.15, -0.1) is 0 Å². The van der Waals surface area contributed by atoms with Gasteiger partial charge in [-0.05, 0) is 50.2 Å². The van der Waals surface area contributed by atoms with Gasteiger partial charge in [0.1, 0.15) is 0 Å². The second-order valence-electron chi connectivity index (χ2n) is 8.83. The number of aromatic nitrogens is 1. The van der Waals surface area contributed by atoms with Crippen LogP contribution in [0.15, 0.2) is 24.5 Å². The maximum absolute atomic E-state index is 12.7. The molecule has 0 N–H and O–H groups in total. The molecule has 4 rings (SSSR count). The number of hydrogen-bond acceptors (Lipinski definition) is 4. The Morgan fingerprint density at radius 3 is 2.29 bits per heavy atom. The highest BCUT2D eigenvalue weighted by Gasteiger charge is 2.31. The molecular formula is C23H35N3O2. The number of rotatable bonds is 5. The quantitative estimate of drug-likeness (QED) is 0.776. The van der Waals surface area contributed by atoms with E-state index in [0.717, 1.165) is 71.2 Å². The first-order chi connectivity index (χ1) is 13.8. The number of hydrogen-bond donors (Lipinski definition) is 0. The lowest BCUT2D eigenvalue weighted by Gasteiger charge is -2.38.